The van der Waals surface area contributed by atoms with Crippen molar-refractivity contribution in [3.8, 4) is 11.5 Å². The van der Waals surface area contributed by atoms with Gasteiger partial charge in [-0.15, -0.1) is 0 Å². The highest BCUT2D eigenvalue weighted by molar-refractivity contribution is 6.30. The molecule has 0 radical (unpaired) electrons. The van der Waals surface area contributed by atoms with Crippen molar-refractivity contribution in [2.75, 3.05) is 12.0 Å². The van der Waals surface area contributed by atoms with Crippen molar-refractivity contribution in [1.29, 1.82) is 0 Å². The Labute approximate surface area is 128 Å². The normalized spacial score (nSPS) is 14.0. The van der Waals surface area contributed by atoms with Gasteiger partial charge in [-0.1, -0.05) is 17.7 Å². The van der Waals surface area contributed by atoms with Gasteiger partial charge in [-0.2, -0.15) is 0 Å². The quantitative estimate of drug-likeness (QED) is 0.920. The van der Waals surface area contributed by atoms with Crippen molar-refractivity contribution in [3.63, 3.8) is 0 Å². The standard InChI is InChI=1S/C15H16ClN3O2/c1-21-14-6-10(2-5-13(14)20)9-19(12-3-4-12)15-17-7-11(16)8-18-15/h2,5-8,12,20H,3-4,9H2,1H3. The zero-order valence-electron chi connectivity index (χ0n) is 11.7. The van der Waals surface area contributed by atoms with Gasteiger partial charge in [0.25, 0.3) is 0 Å². The summed E-state index contributed by atoms with van der Waals surface area (Å²) in [6, 6.07) is 5.82. The van der Waals surface area contributed by atoms with Gasteiger partial charge in [-0.05, 0) is 30.5 Å². The van der Waals surface area contributed by atoms with Crippen LogP contribution in [0, 0.1) is 0 Å². The predicted octanol–water partition coefficient (Wildman–Crippen LogP) is 3.01. The number of phenolic OH excluding ortho intramolecular Hbond substituents is 1. The second kappa shape index (κ2) is 5.77. The van der Waals surface area contributed by atoms with Crippen LogP contribution >= 0.6 is 11.6 Å². The summed E-state index contributed by atoms with van der Waals surface area (Å²) < 4.78 is 5.15. The maximum absolute atomic E-state index is 9.66. The lowest BCUT2D eigenvalue weighted by molar-refractivity contribution is 0.373. The highest BCUT2D eigenvalue weighted by Gasteiger charge is 2.31. The van der Waals surface area contributed by atoms with Crippen molar-refractivity contribution < 1.29 is 9.84 Å². The molecule has 1 aromatic carbocycles. The summed E-state index contributed by atoms with van der Waals surface area (Å²) in [5, 5.41) is 10.2. The summed E-state index contributed by atoms with van der Waals surface area (Å²) in [7, 11) is 1.54. The molecular weight excluding hydrogens is 290 g/mol. The average molecular weight is 306 g/mol. The molecule has 1 saturated carbocycles. The van der Waals surface area contributed by atoms with E-state index in [1.807, 2.05) is 12.1 Å². The van der Waals surface area contributed by atoms with E-state index >= 15 is 0 Å². The number of halogens is 1. The van der Waals surface area contributed by atoms with Gasteiger partial charge < -0.3 is 14.7 Å². The fourth-order valence-corrected chi connectivity index (χ4v) is 2.32. The van der Waals surface area contributed by atoms with Gasteiger partial charge >= 0.3 is 0 Å². The van der Waals surface area contributed by atoms with E-state index in [1.54, 1.807) is 25.6 Å². The topological polar surface area (TPSA) is 58.5 Å². The third-order valence-electron chi connectivity index (χ3n) is 3.45. The number of anilines is 1. The van der Waals surface area contributed by atoms with Crippen LogP contribution < -0.4 is 9.64 Å². The number of rotatable bonds is 5. The molecule has 6 heteroatoms. The monoisotopic (exact) mass is 305 g/mol. The zero-order valence-corrected chi connectivity index (χ0v) is 12.4. The fraction of sp³-hybridized carbons (Fsp3) is 0.333. The van der Waals surface area contributed by atoms with Crippen molar-refractivity contribution in [2.24, 2.45) is 0 Å². The Kier molecular flexibility index (Phi) is 3.84. The van der Waals surface area contributed by atoms with Crippen LogP contribution in [0.25, 0.3) is 0 Å². The third-order valence-corrected chi connectivity index (χ3v) is 3.64. The Morgan fingerprint density at radius 2 is 2.05 bits per heavy atom. The first kappa shape index (κ1) is 13.9. The Bertz CT molecular complexity index is 629. The van der Waals surface area contributed by atoms with Crippen LogP contribution in [-0.2, 0) is 6.54 Å². The van der Waals surface area contributed by atoms with Crippen LogP contribution in [0.15, 0.2) is 30.6 Å². The van der Waals surface area contributed by atoms with Crippen molar-refractivity contribution >= 4 is 17.5 Å². The maximum Gasteiger partial charge on any atom is 0.225 e. The average Bonchev–Trinajstić information content (AvgIpc) is 3.32. The van der Waals surface area contributed by atoms with Crippen LogP contribution in [0.3, 0.4) is 0 Å². The molecule has 0 spiro atoms. The Morgan fingerprint density at radius 1 is 1.33 bits per heavy atom. The fourth-order valence-electron chi connectivity index (χ4n) is 2.22. The molecule has 0 aliphatic heterocycles. The highest BCUT2D eigenvalue weighted by atomic mass is 35.5. The number of hydrogen-bond acceptors (Lipinski definition) is 5. The van der Waals surface area contributed by atoms with Gasteiger partial charge in [0.15, 0.2) is 11.5 Å². The lowest BCUT2D eigenvalue weighted by Gasteiger charge is -2.22. The molecule has 1 aliphatic rings. The summed E-state index contributed by atoms with van der Waals surface area (Å²) in [6.07, 6.45) is 5.50. The molecule has 5 nitrogen and oxygen atoms in total. The van der Waals surface area contributed by atoms with Crippen molar-refractivity contribution in [3.05, 3.63) is 41.2 Å². The van der Waals surface area contributed by atoms with Crippen molar-refractivity contribution in [1.82, 2.24) is 9.97 Å². The Balaban J connectivity index is 1.84. The minimum Gasteiger partial charge on any atom is -0.504 e. The number of methoxy groups -OCH3 is 1. The van der Waals surface area contributed by atoms with Gasteiger partial charge in [0, 0.05) is 12.6 Å². The lowest BCUT2D eigenvalue weighted by atomic mass is 10.2. The molecule has 0 amide bonds. The van der Waals surface area contributed by atoms with E-state index in [0.29, 0.717) is 29.3 Å². The molecule has 21 heavy (non-hydrogen) atoms. The largest absolute Gasteiger partial charge is 0.504 e. The van der Waals surface area contributed by atoms with Gasteiger partial charge in [0.2, 0.25) is 5.95 Å². The number of nitrogens with zero attached hydrogens (tertiary/aromatic N) is 3. The second-order valence-electron chi connectivity index (χ2n) is 5.07. The third kappa shape index (κ3) is 3.19. The number of ether oxygens (including phenoxy) is 1. The van der Waals surface area contributed by atoms with Gasteiger partial charge in [-0.25, -0.2) is 9.97 Å². The first-order chi connectivity index (χ1) is 10.2. The SMILES string of the molecule is COc1cc(CN(c2ncc(Cl)cn2)C2CC2)ccc1O. The van der Waals surface area contributed by atoms with Crippen LogP contribution in [0.5, 0.6) is 11.5 Å². The van der Waals surface area contributed by atoms with E-state index in [2.05, 4.69) is 14.9 Å². The number of benzene rings is 1. The highest BCUT2D eigenvalue weighted by Crippen LogP contribution is 2.33. The van der Waals surface area contributed by atoms with Crippen LogP contribution in [0.2, 0.25) is 5.02 Å². The number of aromatic nitrogens is 2. The second-order valence-corrected chi connectivity index (χ2v) is 5.50. The van der Waals surface area contributed by atoms with Crippen LogP contribution in [0.4, 0.5) is 5.95 Å². The summed E-state index contributed by atoms with van der Waals surface area (Å²) in [5.41, 5.74) is 1.04. The molecule has 1 aromatic heterocycles. The van der Waals surface area contributed by atoms with E-state index in [1.165, 1.54) is 0 Å². The Morgan fingerprint density at radius 3 is 2.67 bits per heavy atom. The van der Waals surface area contributed by atoms with E-state index < -0.39 is 0 Å². The van der Waals surface area contributed by atoms with E-state index in [9.17, 15) is 5.11 Å². The van der Waals surface area contributed by atoms with Gasteiger partial charge in [0.05, 0.1) is 24.5 Å². The number of phenols is 1. The smallest absolute Gasteiger partial charge is 0.225 e. The molecule has 110 valence electrons. The summed E-state index contributed by atoms with van der Waals surface area (Å²) in [6.45, 7) is 0.670. The molecule has 1 heterocycles. The summed E-state index contributed by atoms with van der Waals surface area (Å²) in [5.74, 6) is 1.29. The predicted molar refractivity (Wildman–Crippen MR) is 80.9 cm³/mol. The molecule has 0 bridgehead atoms. The van der Waals surface area contributed by atoms with Gasteiger partial charge in [0.1, 0.15) is 0 Å². The lowest BCUT2D eigenvalue weighted by Crippen LogP contribution is -2.26. The van der Waals surface area contributed by atoms with Crippen LogP contribution in [0.1, 0.15) is 18.4 Å². The Hall–Kier alpha value is -2.01. The summed E-state index contributed by atoms with van der Waals surface area (Å²) >= 11 is 5.84. The molecule has 1 fully saturated rings. The van der Waals surface area contributed by atoms with Crippen molar-refractivity contribution in [2.45, 2.75) is 25.4 Å². The first-order valence-corrected chi connectivity index (χ1v) is 7.15. The minimum absolute atomic E-state index is 0.141. The molecule has 0 saturated heterocycles. The maximum atomic E-state index is 9.66. The minimum atomic E-state index is 0.141. The van der Waals surface area contributed by atoms with E-state index in [-0.39, 0.29) is 5.75 Å². The first-order valence-electron chi connectivity index (χ1n) is 6.77. The molecule has 0 atom stereocenters. The molecule has 0 unspecified atom stereocenters. The van der Waals surface area contributed by atoms with E-state index in [4.69, 9.17) is 16.3 Å². The number of aromatic hydroxyl groups is 1. The van der Waals surface area contributed by atoms with E-state index in [0.717, 1.165) is 18.4 Å². The molecule has 1 aliphatic carbocycles. The number of hydrogen-bond donors (Lipinski definition) is 1. The summed E-state index contributed by atoms with van der Waals surface area (Å²) in [4.78, 5) is 10.8. The molecular formula is C15H16ClN3O2. The van der Waals surface area contributed by atoms with Gasteiger partial charge in [-0.3, -0.25) is 0 Å². The zero-order chi connectivity index (χ0) is 14.8. The molecule has 1 N–H and O–H groups in total. The molecule has 3 rings (SSSR count). The van der Waals surface area contributed by atoms with Crippen LogP contribution in [-0.4, -0.2) is 28.2 Å². The molecule has 2 aromatic rings.